The molecule has 7 nitrogen and oxygen atoms in total. The van der Waals surface area contributed by atoms with Gasteiger partial charge in [-0.2, -0.15) is 10.4 Å². The highest BCUT2D eigenvalue weighted by molar-refractivity contribution is 6.83. The van der Waals surface area contributed by atoms with Gasteiger partial charge in [-0.25, -0.2) is 9.50 Å². The molecule has 1 fully saturated rings. The summed E-state index contributed by atoms with van der Waals surface area (Å²) in [6.45, 7) is 12.3. The Bertz CT molecular complexity index is 1640. The van der Waals surface area contributed by atoms with Gasteiger partial charge in [0.1, 0.15) is 32.3 Å². The lowest BCUT2D eigenvalue weighted by Gasteiger charge is -2.33. The zero-order chi connectivity index (χ0) is 29.9. The van der Waals surface area contributed by atoms with Gasteiger partial charge in [-0.3, -0.25) is 0 Å². The molecule has 3 aromatic heterocycles. The number of aliphatic hydroxyl groups is 1. The third-order valence-corrected chi connectivity index (χ3v) is 8.23. The van der Waals surface area contributed by atoms with E-state index >= 15 is 0 Å². The van der Waals surface area contributed by atoms with Gasteiger partial charge in [-0.05, 0) is 74.9 Å². The molecule has 0 bridgehead atoms. The van der Waals surface area contributed by atoms with Crippen molar-refractivity contribution in [3.05, 3.63) is 77.7 Å². The van der Waals surface area contributed by atoms with Crippen LogP contribution in [-0.4, -0.2) is 53.1 Å². The third kappa shape index (κ3) is 7.39. The number of piperidine rings is 1. The molecule has 1 aromatic carbocycles. The molecule has 42 heavy (non-hydrogen) atoms. The molecular formula is C34H39N5O2Si. The Balaban J connectivity index is 1.25. The van der Waals surface area contributed by atoms with Crippen LogP contribution < -0.4 is 9.64 Å². The number of hydrogen-bond donors (Lipinski definition) is 1. The van der Waals surface area contributed by atoms with Crippen LogP contribution in [0.15, 0.2) is 61.1 Å². The number of rotatable bonds is 7. The first kappa shape index (κ1) is 29.4. The number of benzene rings is 1. The van der Waals surface area contributed by atoms with Gasteiger partial charge >= 0.3 is 0 Å². The lowest BCUT2D eigenvalue weighted by Crippen LogP contribution is -2.34. The van der Waals surface area contributed by atoms with E-state index in [1.54, 1.807) is 30.8 Å². The van der Waals surface area contributed by atoms with Crippen LogP contribution >= 0.6 is 0 Å². The number of fused-ring (bicyclic) bond motifs is 1. The van der Waals surface area contributed by atoms with Crippen LogP contribution in [0.25, 0.3) is 16.6 Å². The van der Waals surface area contributed by atoms with Gasteiger partial charge in [-0.15, -0.1) is 5.54 Å². The number of aromatic nitrogens is 3. The molecule has 216 valence electrons. The summed E-state index contributed by atoms with van der Waals surface area (Å²) < 4.78 is 7.51. The highest BCUT2D eigenvalue weighted by Gasteiger charge is 2.21. The molecule has 0 spiro atoms. The van der Waals surface area contributed by atoms with Crippen molar-refractivity contribution in [1.82, 2.24) is 14.6 Å². The maximum atomic E-state index is 10.1. The van der Waals surface area contributed by atoms with Crippen molar-refractivity contribution in [3.63, 3.8) is 0 Å². The lowest BCUT2D eigenvalue weighted by atomic mass is 9.90. The molecular weight excluding hydrogens is 538 g/mol. The molecule has 0 unspecified atom stereocenters. The SMILES string of the molecule is CC(C)(O)COc1cc(-c2ccc(N3CCC(Cc4ccc(C#C[Si](C)(C)C)cc4)CC3)nc2)c2c(C#N)cnn2c1. The van der Waals surface area contributed by atoms with Gasteiger partial charge in [0.15, 0.2) is 0 Å². The second-order valence-corrected chi connectivity index (χ2v) is 17.6. The van der Waals surface area contributed by atoms with Gasteiger partial charge in [0.2, 0.25) is 0 Å². The number of ether oxygens (including phenoxy) is 1. The van der Waals surface area contributed by atoms with Crippen LogP contribution in [0.4, 0.5) is 5.82 Å². The predicted molar refractivity (Wildman–Crippen MR) is 170 cm³/mol. The summed E-state index contributed by atoms with van der Waals surface area (Å²) in [6, 6.07) is 17.0. The van der Waals surface area contributed by atoms with Crippen molar-refractivity contribution in [2.24, 2.45) is 5.92 Å². The van der Waals surface area contributed by atoms with Crippen molar-refractivity contribution < 1.29 is 9.84 Å². The van der Waals surface area contributed by atoms with Crippen molar-refractivity contribution in [3.8, 4) is 34.4 Å². The number of nitrogens with zero attached hydrogens (tertiary/aromatic N) is 5. The summed E-state index contributed by atoms with van der Waals surface area (Å²) in [4.78, 5) is 7.17. The van der Waals surface area contributed by atoms with Crippen LogP contribution in [0.5, 0.6) is 5.75 Å². The molecule has 4 heterocycles. The quantitative estimate of drug-likeness (QED) is 0.211. The summed E-state index contributed by atoms with van der Waals surface area (Å²) in [5, 5.41) is 24.1. The zero-order valence-corrected chi connectivity index (χ0v) is 26.2. The Morgan fingerprint density at radius 2 is 1.81 bits per heavy atom. The maximum absolute atomic E-state index is 10.1. The average Bonchev–Trinajstić information content (AvgIpc) is 3.38. The second kappa shape index (κ2) is 12.0. The Morgan fingerprint density at radius 1 is 1.07 bits per heavy atom. The number of hydrogen-bond acceptors (Lipinski definition) is 6. The Labute approximate surface area is 249 Å². The molecule has 1 aliphatic rings. The van der Waals surface area contributed by atoms with E-state index in [-0.39, 0.29) is 6.61 Å². The van der Waals surface area contributed by atoms with E-state index < -0.39 is 13.7 Å². The Hall–Kier alpha value is -4.11. The topological polar surface area (TPSA) is 86.7 Å². The molecule has 1 N–H and O–H groups in total. The minimum atomic E-state index is -1.37. The lowest BCUT2D eigenvalue weighted by molar-refractivity contribution is 0.0283. The first-order valence-electron chi connectivity index (χ1n) is 14.6. The number of pyridine rings is 2. The van der Waals surface area contributed by atoms with E-state index in [9.17, 15) is 10.4 Å². The molecule has 0 amide bonds. The van der Waals surface area contributed by atoms with E-state index in [0.717, 1.165) is 54.9 Å². The van der Waals surface area contributed by atoms with E-state index in [2.05, 4.69) is 77.5 Å². The fourth-order valence-corrected chi connectivity index (χ4v) is 5.67. The monoisotopic (exact) mass is 577 g/mol. The summed E-state index contributed by atoms with van der Waals surface area (Å²) in [6.07, 6.45) is 8.50. The van der Waals surface area contributed by atoms with Gasteiger partial charge in [0.25, 0.3) is 0 Å². The molecule has 0 aliphatic carbocycles. The molecule has 4 aromatic rings. The number of nitriles is 1. The first-order valence-corrected chi connectivity index (χ1v) is 18.1. The second-order valence-electron chi connectivity index (χ2n) is 12.9. The fourth-order valence-electron chi connectivity index (χ4n) is 5.15. The van der Waals surface area contributed by atoms with E-state index in [0.29, 0.717) is 22.7 Å². The predicted octanol–water partition coefficient (Wildman–Crippen LogP) is 6.11. The van der Waals surface area contributed by atoms with E-state index in [1.165, 1.54) is 5.56 Å². The standard InChI is InChI=1S/C34H39N5O2Si/c1-34(2,40)24-41-30-19-31(33-29(20-35)22-37-39(33)23-30)28-10-11-32(36-21-28)38-15-12-27(13-16-38)18-26-8-6-25(7-9-26)14-17-42(3,4)5/h6-11,19,21-23,27,40H,12-13,15-16,18,24H2,1-5H3. The van der Waals surface area contributed by atoms with Crippen LogP contribution in [0, 0.1) is 28.7 Å². The van der Waals surface area contributed by atoms with Gasteiger partial charge in [0.05, 0.1) is 29.1 Å². The molecule has 0 atom stereocenters. The minimum Gasteiger partial charge on any atom is -0.489 e. The molecule has 0 saturated carbocycles. The van der Waals surface area contributed by atoms with Crippen molar-refractivity contribution >= 4 is 19.4 Å². The maximum Gasteiger partial charge on any atom is 0.138 e. The van der Waals surface area contributed by atoms with Crippen LogP contribution in [0.3, 0.4) is 0 Å². The van der Waals surface area contributed by atoms with Crippen molar-refractivity contribution in [1.29, 1.82) is 5.26 Å². The fraction of sp³-hybridized carbons (Fsp3) is 0.382. The third-order valence-electron chi connectivity index (χ3n) is 7.36. The van der Waals surface area contributed by atoms with Gasteiger partial charge in [0, 0.05) is 36.0 Å². The average molecular weight is 578 g/mol. The van der Waals surface area contributed by atoms with E-state index in [1.807, 2.05) is 18.3 Å². The summed E-state index contributed by atoms with van der Waals surface area (Å²) in [5.41, 5.74) is 7.84. The summed E-state index contributed by atoms with van der Waals surface area (Å²) in [7, 11) is -1.37. The van der Waals surface area contributed by atoms with Gasteiger partial charge < -0.3 is 14.7 Å². The molecule has 5 rings (SSSR count). The van der Waals surface area contributed by atoms with Crippen LogP contribution in [0.1, 0.15) is 43.4 Å². The Morgan fingerprint density at radius 3 is 2.43 bits per heavy atom. The highest BCUT2D eigenvalue weighted by Crippen LogP contribution is 2.32. The smallest absolute Gasteiger partial charge is 0.138 e. The highest BCUT2D eigenvalue weighted by atomic mass is 28.3. The van der Waals surface area contributed by atoms with E-state index in [4.69, 9.17) is 9.72 Å². The largest absolute Gasteiger partial charge is 0.489 e. The van der Waals surface area contributed by atoms with Crippen LogP contribution in [0.2, 0.25) is 19.6 Å². The molecule has 1 saturated heterocycles. The minimum absolute atomic E-state index is 0.135. The molecule has 8 heteroatoms. The summed E-state index contributed by atoms with van der Waals surface area (Å²) >= 11 is 0. The Kier molecular flexibility index (Phi) is 8.40. The van der Waals surface area contributed by atoms with Crippen LogP contribution in [-0.2, 0) is 6.42 Å². The molecule has 1 aliphatic heterocycles. The summed E-state index contributed by atoms with van der Waals surface area (Å²) in [5.74, 6) is 5.53. The van der Waals surface area contributed by atoms with Gasteiger partial charge in [-0.1, -0.05) is 37.7 Å². The normalized spacial score (nSPS) is 14.4. The first-order chi connectivity index (χ1) is 20.0. The van der Waals surface area contributed by atoms with Crippen molar-refractivity contribution in [2.75, 3.05) is 24.6 Å². The zero-order valence-electron chi connectivity index (χ0n) is 25.2. The molecule has 0 radical (unpaired) electrons. The van der Waals surface area contributed by atoms with Crippen molar-refractivity contribution in [2.45, 2.75) is 58.4 Å². The number of anilines is 1.